The predicted molar refractivity (Wildman–Crippen MR) is 119 cm³/mol. The predicted octanol–water partition coefficient (Wildman–Crippen LogP) is 3.65. The molecule has 0 atom stereocenters. The van der Waals surface area contributed by atoms with E-state index in [1.807, 2.05) is 6.07 Å². The second-order valence-electron chi connectivity index (χ2n) is 7.46. The van der Waals surface area contributed by atoms with Crippen molar-refractivity contribution in [3.63, 3.8) is 0 Å². The number of nitrogens with one attached hydrogen (secondary N) is 1. The Balaban J connectivity index is 0.00000272. The highest BCUT2D eigenvalue weighted by Gasteiger charge is 2.19. The molecule has 1 amide bonds. The van der Waals surface area contributed by atoms with Crippen LogP contribution in [0.2, 0.25) is 0 Å². The number of hydrogen-bond acceptors (Lipinski definition) is 4. The molecule has 156 valence electrons. The molecule has 3 aromatic rings. The van der Waals surface area contributed by atoms with Crippen molar-refractivity contribution in [1.82, 2.24) is 10.2 Å². The van der Waals surface area contributed by atoms with E-state index in [-0.39, 0.29) is 13.2 Å². The van der Waals surface area contributed by atoms with Gasteiger partial charge in [0.15, 0.2) is 0 Å². The molecular formula is C24H27FN3O2+. The first-order chi connectivity index (χ1) is 14.6. The van der Waals surface area contributed by atoms with Crippen molar-refractivity contribution in [1.29, 1.82) is 0 Å². The Morgan fingerprint density at radius 1 is 1.07 bits per heavy atom. The summed E-state index contributed by atoms with van der Waals surface area (Å²) < 4.78 is 18.4. The number of benzene rings is 3. The van der Waals surface area contributed by atoms with E-state index in [4.69, 9.17) is 4.74 Å². The van der Waals surface area contributed by atoms with Gasteiger partial charge in [-0.25, -0.2) is 4.39 Å². The summed E-state index contributed by atoms with van der Waals surface area (Å²) in [6.07, 6.45) is 0. The Hall–Kier alpha value is -3.12. The van der Waals surface area contributed by atoms with Crippen LogP contribution in [0.4, 0.5) is 10.1 Å². The van der Waals surface area contributed by atoms with Gasteiger partial charge in [0.25, 0.3) is 5.91 Å². The zero-order chi connectivity index (χ0) is 20.9. The molecule has 0 aliphatic carbocycles. The van der Waals surface area contributed by atoms with Crippen LogP contribution in [0.15, 0.2) is 60.7 Å². The number of anilines is 1. The van der Waals surface area contributed by atoms with E-state index in [9.17, 15) is 9.18 Å². The maximum Gasteiger partial charge on any atom is 1.00 e. The molecule has 0 radical (unpaired) electrons. The van der Waals surface area contributed by atoms with Crippen molar-refractivity contribution in [2.75, 3.05) is 51.3 Å². The van der Waals surface area contributed by atoms with Gasteiger partial charge in [0.2, 0.25) is 0 Å². The van der Waals surface area contributed by atoms with Crippen LogP contribution in [0.5, 0.6) is 5.75 Å². The van der Waals surface area contributed by atoms with Crippen molar-refractivity contribution in [2.24, 2.45) is 0 Å². The number of fused-ring (bicyclic) bond motifs is 1. The lowest BCUT2D eigenvalue weighted by Crippen LogP contribution is -2.48. The molecule has 0 saturated carbocycles. The first kappa shape index (κ1) is 20.2. The van der Waals surface area contributed by atoms with Gasteiger partial charge < -0.3 is 15.0 Å². The van der Waals surface area contributed by atoms with E-state index in [0.717, 1.165) is 38.5 Å². The Bertz CT molecular complexity index is 1020. The highest BCUT2D eigenvalue weighted by Crippen LogP contribution is 2.30. The number of methoxy groups -OCH3 is 1. The molecule has 0 spiro atoms. The largest absolute Gasteiger partial charge is 1.00 e. The third-order valence-electron chi connectivity index (χ3n) is 5.60. The molecule has 6 heteroatoms. The van der Waals surface area contributed by atoms with Gasteiger partial charge in [-0.1, -0.05) is 18.2 Å². The number of carbonyl (C=O) groups is 1. The van der Waals surface area contributed by atoms with Gasteiger partial charge in [-0.15, -0.1) is 0 Å². The summed E-state index contributed by atoms with van der Waals surface area (Å²) in [6, 6.07) is 18.2. The molecule has 1 N–H and O–H groups in total. The summed E-state index contributed by atoms with van der Waals surface area (Å²) in [5.74, 6) is 0.359. The zero-order valence-electron chi connectivity index (χ0n) is 18.1. The Kier molecular flexibility index (Phi) is 6.14. The van der Waals surface area contributed by atoms with Crippen molar-refractivity contribution < 1.29 is 15.3 Å². The fourth-order valence-electron chi connectivity index (χ4n) is 3.88. The summed E-state index contributed by atoms with van der Waals surface area (Å²) in [7, 11) is 1.69. The van der Waals surface area contributed by atoms with Gasteiger partial charge in [-0.2, -0.15) is 0 Å². The van der Waals surface area contributed by atoms with Gasteiger partial charge in [0.05, 0.1) is 7.11 Å². The molecule has 0 unspecified atom stereocenters. The molecule has 5 nitrogen and oxygen atoms in total. The standard InChI is InChI=1S/C24H26FN3O2/c1-30-21-10-7-18-3-2-4-23(22(18)17-21)28-15-13-27(14-16-28)12-11-26-24(29)19-5-8-20(25)9-6-19/h2-10,17H,11-16H2,1H3,(H,26,29)/p+1. The average Bonchev–Trinajstić information content (AvgIpc) is 2.79. The first-order valence-corrected chi connectivity index (χ1v) is 10.2. The molecule has 0 bridgehead atoms. The monoisotopic (exact) mass is 408 g/mol. The van der Waals surface area contributed by atoms with Gasteiger partial charge in [0.1, 0.15) is 11.6 Å². The number of nitrogens with zero attached hydrogens (tertiary/aromatic N) is 2. The summed E-state index contributed by atoms with van der Waals surface area (Å²) in [6.45, 7) is 5.11. The summed E-state index contributed by atoms with van der Waals surface area (Å²) in [5, 5.41) is 5.33. The smallest absolute Gasteiger partial charge is 0.497 e. The van der Waals surface area contributed by atoms with Crippen LogP contribution in [-0.2, 0) is 0 Å². The summed E-state index contributed by atoms with van der Waals surface area (Å²) in [4.78, 5) is 16.9. The lowest BCUT2D eigenvalue weighted by atomic mass is 10.1. The fraction of sp³-hybridized carbons (Fsp3) is 0.292. The minimum atomic E-state index is -0.339. The molecule has 3 aromatic carbocycles. The molecule has 1 fully saturated rings. The van der Waals surface area contributed by atoms with Crippen molar-refractivity contribution >= 4 is 22.4 Å². The van der Waals surface area contributed by atoms with Crippen LogP contribution in [-0.4, -0.2) is 57.2 Å². The second-order valence-corrected chi connectivity index (χ2v) is 7.46. The summed E-state index contributed by atoms with van der Waals surface area (Å²) >= 11 is 0. The van der Waals surface area contributed by atoms with Gasteiger partial charge >= 0.3 is 1.43 Å². The average molecular weight is 408 g/mol. The number of carbonyl (C=O) groups excluding carboxylic acids is 1. The van der Waals surface area contributed by atoms with Gasteiger partial charge in [0, 0.05) is 55.9 Å². The number of halogens is 1. The highest BCUT2D eigenvalue weighted by atomic mass is 19.1. The van der Waals surface area contributed by atoms with E-state index >= 15 is 0 Å². The first-order valence-electron chi connectivity index (χ1n) is 10.2. The van der Waals surface area contributed by atoms with Gasteiger partial charge in [-0.05, 0) is 47.9 Å². The minimum absolute atomic E-state index is 0. The van der Waals surface area contributed by atoms with Crippen molar-refractivity contribution in [2.45, 2.75) is 0 Å². The normalized spacial score (nSPS) is 14.7. The van der Waals surface area contributed by atoms with Gasteiger partial charge in [-0.3, -0.25) is 9.69 Å². The maximum atomic E-state index is 13.0. The van der Waals surface area contributed by atoms with E-state index in [1.54, 1.807) is 7.11 Å². The second kappa shape index (κ2) is 9.13. The lowest BCUT2D eigenvalue weighted by molar-refractivity contribution is 0.0947. The number of rotatable bonds is 6. The van der Waals surface area contributed by atoms with Crippen LogP contribution in [0.25, 0.3) is 10.8 Å². The quantitative estimate of drug-likeness (QED) is 0.676. The third kappa shape index (κ3) is 4.54. The highest BCUT2D eigenvalue weighted by molar-refractivity contribution is 5.95. The molecular weight excluding hydrogens is 381 g/mol. The van der Waals surface area contributed by atoms with Crippen LogP contribution < -0.4 is 15.0 Å². The molecule has 30 heavy (non-hydrogen) atoms. The van der Waals surface area contributed by atoms with Crippen LogP contribution in [0.3, 0.4) is 0 Å². The maximum absolute atomic E-state index is 13.0. The molecule has 4 rings (SSSR count). The molecule has 0 aromatic heterocycles. The van der Waals surface area contributed by atoms with Crippen molar-refractivity contribution in [3.05, 3.63) is 72.0 Å². The Labute approximate surface area is 177 Å². The molecule has 1 saturated heterocycles. The number of amides is 1. The lowest BCUT2D eigenvalue weighted by Gasteiger charge is -2.36. The Morgan fingerprint density at radius 3 is 2.57 bits per heavy atom. The van der Waals surface area contributed by atoms with Crippen LogP contribution in [0, 0.1) is 5.82 Å². The van der Waals surface area contributed by atoms with E-state index in [0.29, 0.717) is 12.1 Å². The number of hydrogen-bond donors (Lipinski definition) is 1. The Morgan fingerprint density at radius 2 is 1.83 bits per heavy atom. The third-order valence-corrected chi connectivity index (χ3v) is 5.60. The molecule has 1 heterocycles. The summed E-state index contributed by atoms with van der Waals surface area (Å²) in [5.41, 5.74) is 1.71. The fourth-order valence-corrected chi connectivity index (χ4v) is 3.88. The van der Waals surface area contributed by atoms with E-state index in [1.165, 1.54) is 40.7 Å². The molecule has 1 aliphatic heterocycles. The van der Waals surface area contributed by atoms with E-state index < -0.39 is 0 Å². The van der Waals surface area contributed by atoms with E-state index in [2.05, 4.69) is 45.4 Å². The van der Waals surface area contributed by atoms with Crippen LogP contribution >= 0.6 is 0 Å². The number of piperazine rings is 1. The SMILES string of the molecule is COc1ccc2cccc(N3CCN(CCNC(=O)c4ccc(F)cc4)CC3)c2c1.[H+]. The number of ether oxygens (including phenoxy) is 1. The molecule has 1 aliphatic rings. The van der Waals surface area contributed by atoms with Crippen molar-refractivity contribution in [3.8, 4) is 5.75 Å². The van der Waals surface area contributed by atoms with Crippen LogP contribution in [0.1, 0.15) is 11.8 Å². The topological polar surface area (TPSA) is 44.8 Å². The minimum Gasteiger partial charge on any atom is -0.497 e. The zero-order valence-corrected chi connectivity index (χ0v) is 17.1.